The summed E-state index contributed by atoms with van der Waals surface area (Å²) in [4.78, 5) is 0. The fourth-order valence-corrected chi connectivity index (χ4v) is 3.52. The molecule has 0 aliphatic rings. The van der Waals surface area contributed by atoms with Gasteiger partial charge in [0.15, 0.2) is 28.8 Å². The number of nitrogens with zero attached hydrogens (tertiary/aromatic N) is 4. The van der Waals surface area contributed by atoms with Crippen LogP contribution in [0.1, 0.15) is 23.9 Å². The monoisotopic (exact) mass is 446 g/mol. The SMILES string of the molecule is CCc1nnc2c3cc(OC)c(OC)cc3c(NCc3cc(N)cc(C(F)(F)F)c3)nn12. The van der Waals surface area contributed by atoms with E-state index in [9.17, 15) is 13.2 Å². The third kappa shape index (κ3) is 3.81. The Morgan fingerprint density at radius 3 is 2.31 bits per heavy atom. The first-order valence-corrected chi connectivity index (χ1v) is 9.75. The van der Waals surface area contributed by atoms with Crippen molar-refractivity contribution in [3.8, 4) is 11.5 Å². The normalized spacial score (nSPS) is 11.8. The highest BCUT2D eigenvalue weighted by atomic mass is 19.4. The summed E-state index contributed by atoms with van der Waals surface area (Å²) in [6.45, 7) is 2.00. The molecule has 0 atom stereocenters. The maximum Gasteiger partial charge on any atom is 0.416 e. The van der Waals surface area contributed by atoms with Crippen LogP contribution >= 0.6 is 0 Å². The summed E-state index contributed by atoms with van der Waals surface area (Å²) in [5.74, 6) is 2.06. The van der Waals surface area contributed by atoms with Crippen LogP contribution in [0.5, 0.6) is 11.5 Å². The second-order valence-corrected chi connectivity index (χ2v) is 7.12. The molecule has 3 N–H and O–H groups in total. The van der Waals surface area contributed by atoms with Crippen LogP contribution in [-0.2, 0) is 19.1 Å². The molecule has 0 fully saturated rings. The summed E-state index contributed by atoms with van der Waals surface area (Å²) in [5, 5.41) is 17.5. The number of rotatable bonds is 6. The molecule has 2 aromatic carbocycles. The maximum atomic E-state index is 13.2. The molecule has 0 amide bonds. The van der Waals surface area contributed by atoms with Crippen molar-refractivity contribution in [1.29, 1.82) is 0 Å². The highest BCUT2D eigenvalue weighted by Crippen LogP contribution is 2.37. The lowest BCUT2D eigenvalue weighted by molar-refractivity contribution is -0.137. The van der Waals surface area contributed by atoms with Crippen LogP contribution < -0.4 is 20.5 Å². The number of anilines is 2. The highest BCUT2D eigenvalue weighted by molar-refractivity contribution is 6.01. The van der Waals surface area contributed by atoms with Crippen molar-refractivity contribution in [3.05, 3.63) is 47.3 Å². The average Bonchev–Trinajstić information content (AvgIpc) is 3.18. The molecule has 0 unspecified atom stereocenters. The van der Waals surface area contributed by atoms with Crippen LogP contribution in [0.2, 0.25) is 0 Å². The Labute approximate surface area is 181 Å². The predicted octanol–water partition coefficient (Wildman–Crippen LogP) is 4.07. The summed E-state index contributed by atoms with van der Waals surface area (Å²) in [5.41, 5.74) is 5.82. The molecule has 2 aromatic heterocycles. The minimum absolute atomic E-state index is 0.0309. The number of aromatic nitrogens is 4. The second kappa shape index (κ2) is 8.06. The van der Waals surface area contributed by atoms with Crippen LogP contribution in [0.4, 0.5) is 24.7 Å². The van der Waals surface area contributed by atoms with Gasteiger partial charge in [-0.3, -0.25) is 0 Å². The number of hydrogen-bond donors (Lipinski definition) is 2. The van der Waals surface area contributed by atoms with Gasteiger partial charge in [-0.1, -0.05) is 6.92 Å². The van der Waals surface area contributed by atoms with Gasteiger partial charge in [-0.2, -0.15) is 17.7 Å². The van der Waals surface area contributed by atoms with Crippen LogP contribution in [-0.4, -0.2) is 34.0 Å². The lowest BCUT2D eigenvalue weighted by atomic mass is 10.1. The van der Waals surface area contributed by atoms with E-state index >= 15 is 0 Å². The van der Waals surface area contributed by atoms with Crippen molar-refractivity contribution in [1.82, 2.24) is 19.8 Å². The molecule has 2 heterocycles. The number of benzene rings is 2. The van der Waals surface area contributed by atoms with Crippen LogP contribution in [0.25, 0.3) is 16.4 Å². The van der Waals surface area contributed by atoms with E-state index in [1.807, 2.05) is 6.92 Å². The molecule has 168 valence electrons. The standard InChI is InChI=1S/C21H21F3N6O2/c1-4-18-27-28-20-15-9-17(32-3)16(31-2)8-14(15)19(29-30(18)20)26-10-11-5-12(21(22,23)24)7-13(25)6-11/h5-9H,4,10,25H2,1-3H3,(H,26,29). The zero-order valence-corrected chi connectivity index (χ0v) is 17.6. The number of hydrogen-bond acceptors (Lipinski definition) is 7. The number of ether oxygens (including phenoxy) is 2. The molecule has 0 saturated heterocycles. The van der Waals surface area contributed by atoms with Crippen LogP contribution in [0.3, 0.4) is 0 Å². The number of fused-ring (bicyclic) bond motifs is 3. The van der Waals surface area contributed by atoms with Gasteiger partial charge in [0, 0.05) is 29.4 Å². The molecule has 32 heavy (non-hydrogen) atoms. The van der Waals surface area contributed by atoms with E-state index in [0.29, 0.717) is 51.5 Å². The van der Waals surface area contributed by atoms with Crippen molar-refractivity contribution >= 4 is 27.9 Å². The van der Waals surface area contributed by atoms with Gasteiger partial charge in [0.05, 0.1) is 19.8 Å². The Hall–Kier alpha value is -3.76. The summed E-state index contributed by atoms with van der Waals surface area (Å²) >= 11 is 0. The number of alkyl halides is 3. The van der Waals surface area contributed by atoms with E-state index in [1.54, 1.807) is 16.6 Å². The van der Waals surface area contributed by atoms with Gasteiger partial charge in [-0.15, -0.1) is 15.3 Å². The largest absolute Gasteiger partial charge is 0.493 e. The number of halogens is 3. The zero-order valence-electron chi connectivity index (χ0n) is 17.6. The molecule has 0 spiro atoms. The molecular formula is C21H21F3N6O2. The fraction of sp³-hybridized carbons (Fsp3) is 0.286. The van der Waals surface area contributed by atoms with Crippen molar-refractivity contribution in [2.75, 3.05) is 25.3 Å². The molecule has 4 aromatic rings. The Bertz CT molecular complexity index is 1300. The molecule has 11 heteroatoms. The van der Waals surface area contributed by atoms with Gasteiger partial charge in [0.25, 0.3) is 0 Å². The first-order chi connectivity index (χ1) is 15.2. The number of methoxy groups -OCH3 is 2. The smallest absolute Gasteiger partial charge is 0.416 e. The van der Waals surface area contributed by atoms with Crippen molar-refractivity contribution in [2.45, 2.75) is 26.1 Å². The molecule has 0 radical (unpaired) electrons. The predicted molar refractivity (Wildman–Crippen MR) is 114 cm³/mol. The summed E-state index contributed by atoms with van der Waals surface area (Å²) in [6, 6.07) is 6.97. The Morgan fingerprint density at radius 1 is 1.00 bits per heavy atom. The van der Waals surface area contributed by atoms with Gasteiger partial charge < -0.3 is 20.5 Å². The highest BCUT2D eigenvalue weighted by Gasteiger charge is 2.31. The third-order valence-electron chi connectivity index (χ3n) is 5.04. The first kappa shape index (κ1) is 21.5. The Morgan fingerprint density at radius 2 is 1.69 bits per heavy atom. The first-order valence-electron chi connectivity index (χ1n) is 9.75. The van der Waals surface area contributed by atoms with Gasteiger partial charge in [-0.25, -0.2) is 0 Å². The molecule has 0 saturated carbocycles. The summed E-state index contributed by atoms with van der Waals surface area (Å²) in [7, 11) is 3.04. The topological polar surface area (TPSA) is 99.6 Å². The average molecular weight is 446 g/mol. The molecule has 8 nitrogen and oxygen atoms in total. The fourth-order valence-electron chi connectivity index (χ4n) is 3.52. The quantitative estimate of drug-likeness (QED) is 0.431. The van der Waals surface area contributed by atoms with E-state index < -0.39 is 11.7 Å². The lowest BCUT2D eigenvalue weighted by Crippen LogP contribution is -2.10. The van der Waals surface area contributed by atoms with E-state index in [4.69, 9.17) is 15.2 Å². The number of nitrogen functional groups attached to an aromatic ring is 1. The lowest BCUT2D eigenvalue weighted by Gasteiger charge is -2.15. The van der Waals surface area contributed by atoms with E-state index in [-0.39, 0.29) is 12.2 Å². The van der Waals surface area contributed by atoms with Gasteiger partial charge in [0.2, 0.25) is 0 Å². The van der Waals surface area contributed by atoms with Gasteiger partial charge in [-0.05, 0) is 35.9 Å². The molecule has 0 aliphatic carbocycles. The summed E-state index contributed by atoms with van der Waals surface area (Å²) in [6.07, 6.45) is -3.90. The van der Waals surface area contributed by atoms with Crippen molar-refractivity contribution < 1.29 is 22.6 Å². The van der Waals surface area contributed by atoms with E-state index in [1.165, 1.54) is 20.3 Å². The minimum Gasteiger partial charge on any atom is -0.493 e. The molecule has 0 bridgehead atoms. The molecule has 0 aliphatic heterocycles. The zero-order chi connectivity index (χ0) is 23.0. The van der Waals surface area contributed by atoms with E-state index in [0.717, 1.165) is 12.1 Å². The van der Waals surface area contributed by atoms with E-state index in [2.05, 4.69) is 20.6 Å². The number of nitrogens with one attached hydrogen (secondary N) is 1. The molecular weight excluding hydrogens is 425 g/mol. The van der Waals surface area contributed by atoms with Gasteiger partial charge in [0.1, 0.15) is 0 Å². The Kier molecular flexibility index (Phi) is 5.41. The van der Waals surface area contributed by atoms with Crippen molar-refractivity contribution in [3.63, 3.8) is 0 Å². The number of nitrogens with two attached hydrogens (primary N) is 1. The molecule has 4 rings (SSSR count). The van der Waals surface area contributed by atoms with Crippen molar-refractivity contribution in [2.24, 2.45) is 0 Å². The van der Waals surface area contributed by atoms with Gasteiger partial charge >= 0.3 is 6.18 Å². The second-order valence-electron chi connectivity index (χ2n) is 7.12. The minimum atomic E-state index is -4.49. The van der Waals surface area contributed by atoms with Crippen LogP contribution in [0.15, 0.2) is 30.3 Å². The number of aryl methyl sites for hydroxylation is 1. The maximum absolute atomic E-state index is 13.2. The Balaban J connectivity index is 1.83. The van der Waals surface area contributed by atoms with Crippen LogP contribution in [0, 0.1) is 0 Å². The summed E-state index contributed by atoms with van der Waals surface area (Å²) < 4.78 is 51.9. The third-order valence-corrected chi connectivity index (χ3v) is 5.04.